The highest BCUT2D eigenvalue weighted by Crippen LogP contribution is 2.25. The van der Waals surface area contributed by atoms with Gasteiger partial charge in [-0.2, -0.15) is 0 Å². The standard InChI is InChI=1S/C14H11BrN2O3/c1-9-2-7-13(17(19)20)12(8-9)16-14(18)10-3-5-11(15)6-4-10/h2-8H,1H3,(H,16,18). The van der Waals surface area contributed by atoms with Crippen molar-refractivity contribution in [3.8, 4) is 0 Å². The number of nitro benzene ring substituents is 1. The van der Waals surface area contributed by atoms with Gasteiger partial charge < -0.3 is 5.32 Å². The van der Waals surface area contributed by atoms with E-state index < -0.39 is 4.92 Å². The minimum absolute atomic E-state index is 0.124. The van der Waals surface area contributed by atoms with Crippen LogP contribution in [0.25, 0.3) is 0 Å². The van der Waals surface area contributed by atoms with Gasteiger partial charge in [0.25, 0.3) is 11.6 Å². The third-order valence-electron chi connectivity index (χ3n) is 2.70. The average molecular weight is 335 g/mol. The van der Waals surface area contributed by atoms with Gasteiger partial charge in [-0.05, 0) is 42.8 Å². The second-order valence-corrected chi connectivity index (χ2v) is 5.15. The lowest BCUT2D eigenvalue weighted by Gasteiger charge is -2.07. The number of amides is 1. The van der Waals surface area contributed by atoms with E-state index in [2.05, 4.69) is 21.2 Å². The molecule has 2 aromatic carbocycles. The third kappa shape index (κ3) is 3.21. The smallest absolute Gasteiger partial charge is 0.292 e. The first-order valence-corrected chi connectivity index (χ1v) is 6.58. The Morgan fingerprint density at radius 3 is 2.45 bits per heavy atom. The van der Waals surface area contributed by atoms with Crippen LogP contribution in [0.2, 0.25) is 0 Å². The Kier molecular flexibility index (Phi) is 4.14. The van der Waals surface area contributed by atoms with E-state index in [1.165, 1.54) is 6.07 Å². The average Bonchev–Trinajstić information content (AvgIpc) is 2.39. The summed E-state index contributed by atoms with van der Waals surface area (Å²) in [6, 6.07) is 11.3. The van der Waals surface area contributed by atoms with E-state index >= 15 is 0 Å². The predicted octanol–water partition coefficient (Wildman–Crippen LogP) is 3.92. The number of carbonyl (C=O) groups is 1. The number of nitro groups is 1. The van der Waals surface area contributed by atoms with Gasteiger partial charge in [0, 0.05) is 16.1 Å². The van der Waals surface area contributed by atoms with Gasteiger partial charge >= 0.3 is 0 Å². The van der Waals surface area contributed by atoms with Crippen LogP contribution in [0, 0.1) is 17.0 Å². The first-order valence-electron chi connectivity index (χ1n) is 5.79. The maximum atomic E-state index is 12.1. The first-order chi connectivity index (χ1) is 9.47. The molecule has 0 atom stereocenters. The largest absolute Gasteiger partial charge is 0.316 e. The Morgan fingerprint density at radius 2 is 1.85 bits per heavy atom. The van der Waals surface area contributed by atoms with E-state index in [9.17, 15) is 14.9 Å². The molecule has 2 aromatic rings. The van der Waals surface area contributed by atoms with Gasteiger partial charge in [-0.3, -0.25) is 14.9 Å². The van der Waals surface area contributed by atoms with Gasteiger partial charge in [-0.15, -0.1) is 0 Å². The summed E-state index contributed by atoms with van der Waals surface area (Å²) in [7, 11) is 0. The number of nitrogens with one attached hydrogen (secondary N) is 1. The summed E-state index contributed by atoms with van der Waals surface area (Å²) in [4.78, 5) is 22.5. The van der Waals surface area contributed by atoms with Crippen LogP contribution >= 0.6 is 15.9 Å². The van der Waals surface area contributed by atoms with Gasteiger partial charge in [0.15, 0.2) is 0 Å². The molecule has 0 saturated heterocycles. The molecule has 0 bridgehead atoms. The molecule has 1 N–H and O–H groups in total. The molecule has 2 rings (SSSR count). The number of carbonyl (C=O) groups excluding carboxylic acids is 1. The fraction of sp³-hybridized carbons (Fsp3) is 0.0714. The summed E-state index contributed by atoms with van der Waals surface area (Å²) < 4.78 is 0.857. The van der Waals surface area contributed by atoms with Gasteiger partial charge in [-0.25, -0.2) is 0 Å². The van der Waals surface area contributed by atoms with Crippen molar-refractivity contribution >= 4 is 33.2 Å². The number of aryl methyl sites for hydroxylation is 1. The molecule has 5 nitrogen and oxygen atoms in total. The normalized spacial score (nSPS) is 10.1. The summed E-state index contributed by atoms with van der Waals surface area (Å²) in [6.07, 6.45) is 0. The summed E-state index contributed by atoms with van der Waals surface area (Å²) in [5, 5.41) is 13.5. The molecule has 0 aliphatic rings. The Labute approximate surface area is 123 Å². The van der Waals surface area contributed by atoms with Crippen LogP contribution in [0.4, 0.5) is 11.4 Å². The minimum atomic E-state index is -0.517. The zero-order valence-corrected chi connectivity index (χ0v) is 12.2. The number of nitrogens with zero attached hydrogens (tertiary/aromatic N) is 1. The van der Waals surface area contributed by atoms with Crippen LogP contribution in [-0.2, 0) is 0 Å². The molecule has 0 aliphatic carbocycles. The van der Waals surface area contributed by atoms with E-state index in [0.29, 0.717) is 5.56 Å². The molecule has 0 fully saturated rings. The molecule has 0 saturated carbocycles. The molecular weight excluding hydrogens is 324 g/mol. The van der Waals surface area contributed by atoms with Crippen LogP contribution in [0.5, 0.6) is 0 Å². The van der Waals surface area contributed by atoms with Crippen LogP contribution < -0.4 is 5.32 Å². The SMILES string of the molecule is Cc1ccc([N+](=O)[O-])c(NC(=O)c2ccc(Br)cc2)c1. The highest BCUT2D eigenvalue weighted by molar-refractivity contribution is 9.10. The number of hydrogen-bond acceptors (Lipinski definition) is 3. The molecule has 0 spiro atoms. The summed E-state index contributed by atoms with van der Waals surface area (Å²) in [6.45, 7) is 1.80. The molecule has 6 heteroatoms. The lowest BCUT2D eigenvalue weighted by molar-refractivity contribution is -0.383. The van der Waals surface area contributed by atoms with Gasteiger partial charge in [0.1, 0.15) is 5.69 Å². The Bertz CT molecular complexity index is 669. The molecule has 20 heavy (non-hydrogen) atoms. The fourth-order valence-electron chi connectivity index (χ4n) is 1.70. The number of halogens is 1. The van der Waals surface area contributed by atoms with E-state index in [4.69, 9.17) is 0 Å². The topological polar surface area (TPSA) is 72.2 Å². The van der Waals surface area contributed by atoms with E-state index in [-0.39, 0.29) is 17.3 Å². The van der Waals surface area contributed by atoms with Crippen LogP contribution in [0.3, 0.4) is 0 Å². The molecule has 0 unspecified atom stereocenters. The van der Waals surface area contributed by atoms with E-state index in [1.54, 1.807) is 43.3 Å². The Balaban J connectivity index is 2.29. The van der Waals surface area contributed by atoms with Crippen LogP contribution in [0.1, 0.15) is 15.9 Å². The number of rotatable bonds is 3. The second kappa shape index (κ2) is 5.83. The van der Waals surface area contributed by atoms with E-state index in [1.807, 2.05) is 0 Å². The molecule has 1 amide bonds. The first kappa shape index (κ1) is 14.2. The van der Waals surface area contributed by atoms with Crippen molar-refractivity contribution in [1.82, 2.24) is 0 Å². The maximum Gasteiger partial charge on any atom is 0.292 e. The Hall–Kier alpha value is -2.21. The molecule has 0 aliphatic heterocycles. The molecule has 0 radical (unpaired) electrons. The van der Waals surface area contributed by atoms with Gasteiger partial charge in [0.05, 0.1) is 4.92 Å². The monoisotopic (exact) mass is 334 g/mol. The second-order valence-electron chi connectivity index (χ2n) is 4.24. The highest BCUT2D eigenvalue weighted by Gasteiger charge is 2.16. The summed E-state index contributed by atoms with van der Waals surface area (Å²) in [5.41, 5.74) is 1.34. The molecule has 0 aromatic heterocycles. The zero-order valence-electron chi connectivity index (χ0n) is 10.6. The molecule has 0 heterocycles. The van der Waals surface area contributed by atoms with Crippen molar-refractivity contribution in [1.29, 1.82) is 0 Å². The van der Waals surface area contributed by atoms with Crippen molar-refractivity contribution in [2.24, 2.45) is 0 Å². The van der Waals surface area contributed by atoms with Crippen LogP contribution in [0.15, 0.2) is 46.9 Å². The van der Waals surface area contributed by atoms with Crippen molar-refractivity contribution in [2.45, 2.75) is 6.92 Å². The van der Waals surface area contributed by atoms with Crippen LogP contribution in [-0.4, -0.2) is 10.8 Å². The van der Waals surface area contributed by atoms with Crippen molar-refractivity contribution in [2.75, 3.05) is 5.32 Å². The summed E-state index contributed by atoms with van der Waals surface area (Å²) >= 11 is 3.28. The maximum absolute atomic E-state index is 12.1. The van der Waals surface area contributed by atoms with Crippen molar-refractivity contribution in [3.05, 3.63) is 68.2 Å². The van der Waals surface area contributed by atoms with E-state index in [0.717, 1.165) is 10.0 Å². The zero-order chi connectivity index (χ0) is 14.7. The molecule has 102 valence electrons. The molecular formula is C14H11BrN2O3. The third-order valence-corrected chi connectivity index (χ3v) is 3.23. The van der Waals surface area contributed by atoms with Gasteiger partial charge in [-0.1, -0.05) is 22.0 Å². The lowest BCUT2D eigenvalue weighted by atomic mass is 10.1. The predicted molar refractivity (Wildman–Crippen MR) is 79.9 cm³/mol. The van der Waals surface area contributed by atoms with Gasteiger partial charge in [0.2, 0.25) is 0 Å². The van der Waals surface area contributed by atoms with Crippen molar-refractivity contribution in [3.63, 3.8) is 0 Å². The number of hydrogen-bond donors (Lipinski definition) is 1. The van der Waals surface area contributed by atoms with Crippen molar-refractivity contribution < 1.29 is 9.72 Å². The highest BCUT2D eigenvalue weighted by atomic mass is 79.9. The number of anilines is 1. The summed E-state index contributed by atoms with van der Waals surface area (Å²) in [5.74, 6) is -0.383. The lowest BCUT2D eigenvalue weighted by Crippen LogP contribution is -2.13. The number of benzene rings is 2. The Morgan fingerprint density at radius 1 is 1.20 bits per heavy atom. The fourth-order valence-corrected chi connectivity index (χ4v) is 1.97. The quantitative estimate of drug-likeness (QED) is 0.683. The minimum Gasteiger partial charge on any atom is -0.316 e.